The molecule has 1 aromatic rings. The largest absolute Gasteiger partial charge is 0.496 e. The van der Waals surface area contributed by atoms with E-state index in [1.807, 2.05) is 26.2 Å². The van der Waals surface area contributed by atoms with Crippen LogP contribution in [0.2, 0.25) is 0 Å². The van der Waals surface area contributed by atoms with Crippen LogP contribution in [0.1, 0.15) is 16.8 Å². The summed E-state index contributed by atoms with van der Waals surface area (Å²) >= 11 is 0. The zero-order valence-corrected chi connectivity index (χ0v) is 10.7. The highest BCUT2D eigenvalue weighted by molar-refractivity contribution is 5.96. The van der Waals surface area contributed by atoms with Gasteiger partial charge in [0.2, 0.25) is 0 Å². The maximum Gasteiger partial charge on any atom is 0.257 e. The highest BCUT2D eigenvalue weighted by atomic mass is 16.5. The first kappa shape index (κ1) is 13.5. The molecule has 1 rings (SSSR count). The Morgan fingerprint density at radius 1 is 1.41 bits per heavy atom. The number of rotatable bonds is 6. The van der Waals surface area contributed by atoms with Crippen molar-refractivity contribution in [2.75, 3.05) is 34.3 Å². The van der Waals surface area contributed by atoms with Crippen LogP contribution in [0.3, 0.4) is 0 Å². The minimum Gasteiger partial charge on any atom is -0.496 e. The van der Waals surface area contributed by atoms with Crippen molar-refractivity contribution in [3.05, 3.63) is 29.8 Å². The van der Waals surface area contributed by atoms with Crippen LogP contribution in [0, 0.1) is 0 Å². The molecule has 17 heavy (non-hydrogen) atoms. The van der Waals surface area contributed by atoms with E-state index in [-0.39, 0.29) is 5.91 Å². The van der Waals surface area contributed by atoms with Crippen LogP contribution in [0.25, 0.3) is 0 Å². The van der Waals surface area contributed by atoms with Crippen molar-refractivity contribution in [1.82, 2.24) is 10.2 Å². The van der Waals surface area contributed by atoms with E-state index in [1.54, 1.807) is 24.1 Å². The van der Waals surface area contributed by atoms with Crippen LogP contribution in [0.4, 0.5) is 0 Å². The maximum absolute atomic E-state index is 12.1. The van der Waals surface area contributed by atoms with Gasteiger partial charge >= 0.3 is 0 Å². The van der Waals surface area contributed by atoms with E-state index in [9.17, 15) is 4.79 Å². The van der Waals surface area contributed by atoms with Crippen LogP contribution in [0.5, 0.6) is 5.75 Å². The smallest absolute Gasteiger partial charge is 0.257 e. The number of benzene rings is 1. The minimum absolute atomic E-state index is 0.00134. The summed E-state index contributed by atoms with van der Waals surface area (Å²) in [6.07, 6.45) is 0.938. The van der Waals surface area contributed by atoms with Gasteiger partial charge in [0.1, 0.15) is 5.75 Å². The maximum atomic E-state index is 12.1. The molecule has 0 spiro atoms. The number of hydrogen-bond donors (Lipinski definition) is 1. The average Bonchev–Trinajstić information content (AvgIpc) is 2.38. The van der Waals surface area contributed by atoms with Crippen LogP contribution < -0.4 is 10.1 Å². The number of nitrogens with one attached hydrogen (secondary N) is 1. The topological polar surface area (TPSA) is 41.6 Å². The Morgan fingerprint density at radius 2 is 2.12 bits per heavy atom. The number of hydrogen-bond acceptors (Lipinski definition) is 3. The number of amides is 1. The van der Waals surface area contributed by atoms with E-state index < -0.39 is 0 Å². The second-order valence-electron chi connectivity index (χ2n) is 3.88. The second-order valence-corrected chi connectivity index (χ2v) is 3.88. The lowest BCUT2D eigenvalue weighted by atomic mass is 10.1. The molecule has 4 nitrogen and oxygen atoms in total. The normalized spacial score (nSPS) is 10.1. The Morgan fingerprint density at radius 3 is 2.76 bits per heavy atom. The van der Waals surface area contributed by atoms with Crippen molar-refractivity contribution < 1.29 is 9.53 Å². The molecule has 0 unspecified atom stereocenters. The molecular weight excluding hydrogens is 216 g/mol. The third-order valence-corrected chi connectivity index (χ3v) is 2.60. The molecule has 0 radical (unpaired) electrons. The molecule has 0 saturated carbocycles. The van der Waals surface area contributed by atoms with Gasteiger partial charge < -0.3 is 15.0 Å². The summed E-state index contributed by atoms with van der Waals surface area (Å²) in [7, 11) is 5.29. The van der Waals surface area contributed by atoms with Gasteiger partial charge in [-0.05, 0) is 32.1 Å². The number of carbonyl (C=O) groups excluding carboxylic acids is 1. The molecular formula is C13H20N2O2. The first-order valence-electron chi connectivity index (χ1n) is 5.73. The first-order chi connectivity index (χ1) is 8.20. The summed E-state index contributed by atoms with van der Waals surface area (Å²) in [5.41, 5.74) is 0.613. The van der Waals surface area contributed by atoms with Gasteiger partial charge in [-0.15, -0.1) is 0 Å². The number of carbonyl (C=O) groups is 1. The monoisotopic (exact) mass is 236 g/mol. The number of nitrogens with zero attached hydrogens (tertiary/aromatic N) is 1. The Kier molecular flexibility index (Phi) is 5.49. The number of para-hydroxylation sites is 1. The Balaban J connectivity index is 2.67. The van der Waals surface area contributed by atoms with E-state index in [0.717, 1.165) is 19.5 Å². The van der Waals surface area contributed by atoms with Crippen molar-refractivity contribution in [2.45, 2.75) is 6.42 Å². The zero-order valence-electron chi connectivity index (χ0n) is 10.7. The average molecular weight is 236 g/mol. The molecule has 0 atom stereocenters. The van der Waals surface area contributed by atoms with E-state index in [4.69, 9.17) is 4.74 Å². The van der Waals surface area contributed by atoms with Gasteiger partial charge in [-0.1, -0.05) is 12.1 Å². The van der Waals surface area contributed by atoms with Gasteiger partial charge in [0.05, 0.1) is 12.7 Å². The molecule has 0 aliphatic carbocycles. The second kappa shape index (κ2) is 6.91. The zero-order chi connectivity index (χ0) is 12.7. The lowest BCUT2D eigenvalue weighted by Crippen LogP contribution is -2.29. The molecule has 0 saturated heterocycles. The fourth-order valence-corrected chi connectivity index (χ4v) is 1.62. The van der Waals surface area contributed by atoms with E-state index in [0.29, 0.717) is 11.3 Å². The lowest BCUT2D eigenvalue weighted by molar-refractivity contribution is 0.0790. The summed E-state index contributed by atoms with van der Waals surface area (Å²) in [5, 5.41) is 3.06. The standard InChI is InChI=1S/C13H20N2O2/c1-14-9-6-10-15(2)13(16)11-7-4-5-8-12(11)17-3/h4-5,7-8,14H,6,9-10H2,1-3H3. The Hall–Kier alpha value is -1.55. The minimum atomic E-state index is -0.00134. The molecule has 1 amide bonds. The highest BCUT2D eigenvalue weighted by Crippen LogP contribution is 2.18. The fraction of sp³-hybridized carbons (Fsp3) is 0.462. The van der Waals surface area contributed by atoms with Crippen molar-refractivity contribution >= 4 is 5.91 Å². The Labute approximate surface area is 103 Å². The molecule has 0 aliphatic heterocycles. The van der Waals surface area contributed by atoms with Crippen LogP contribution in [-0.4, -0.2) is 45.1 Å². The molecule has 94 valence electrons. The van der Waals surface area contributed by atoms with Crippen molar-refractivity contribution in [2.24, 2.45) is 0 Å². The molecule has 1 aromatic carbocycles. The molecule has 0 heterocycles. The molecule has 0 aromatic heterocycles. The van der Waals surface area contributed by atoms with Crippen LogP contribution in [0.15, 0.2) is 24.3 Å². The summed E-state index contributed by atoms with van der Waals surface area (Å²) in [5.74, 6) is 0.622. The molecule has 4 heteroatoms. The Bertz CT molecular complexity index is 366. The SMILES string of the molecule is CNCCCN(C)C(=O)c1ccccc1OC. The van der Waals surface area contributed by atoms with Crippen LogP contribution in [-0.2, 0) is 0 Å². The molecule has 0 bridgehead atoms. The fourth-order valence-electron chi connectivity index (χ4n) is 1.62. The van der Waals surface area contributed by atoms with E-state index in [1.165, 1.54) is 0 Å². The summed E-state index contributed by atoms with van der Waals surface area (Å²) in [4.78, 5) is 13.9. The van der Waals surface area contributed by atoms with Crippen molar-refractivity contribution in [3.63, 3.8) is 0 Å². The van der Waals surface area contributed by atoms with Gasteiger partial charge in [0.25, 0.3) is 5.91 Å². The van der Waals surface area contributed by atoms with Gasteiger partial charge in [-0.25, -0.2) is 0 Å². The third kappa shape index (κ3) is 3.75. The van der Waals surface area contributed by atoms with Gasteiger partial charge in [0.15, 0.2) is 0 Å². The highest BCUT2D eigenvalue weighted by Gasteiger charge is 2.15. The molecule has 0 aliphatic rings. The van der Waals surface area contributed by atoms with Gasteiger partial charge in [-0.2, -0.15) is 0 Å². The molecule has 1 N–H and O–H groups in total. The van der Waals surface area contributed by atoms with E-state index >= 15 is 0 Å². The van der Waals surface area contributed by atoms with Gasteiger partial charge in [0, 0.05) is 13.6 Å². The number of methoxy groups -OCH3 is 1. The summed E-state index contributed by atoms with van der Waals surface area (Å²) in [6.45, 7) is 1.64. The van der Waals surface area contributed by atoms with Crippen molar-refractivity contribution in [1.29, 1.82) is 0 Å². The number of ether oxygens (including phenoxy) is 1. The van der Waals surface area contributed by atoms with E-state index in [2.05, 4.69) is 5.32 Å². The lowest BCUT2D eigenvalue weighted by Gasteiger charge is -2.18. The first-order valence-corrected chi connectivity index (χ1v) is 5.73. The predicted molar refractivity (Wildman–Crippen MR) is 68.5 cm³/mol. The summed E-state index contributed by atoms with van der Waals surface area (Å²) < 4.78 is 5.18. The molecule has 0 fully saturated rings. The van der Waals surface area contributed by atoms with Crippen molar-refractivity contribution in [3.8, 4) is 5.75 Å². The third-order valence-electron chi connectivity index (χ3n) is 2.60. The quantitative estimate of drug-likeness (QED) is 0.759. The van der Waals surface area contributed by atoms with Crippen LogP contribution >= 0.6 is 0 Å². The summed E-state index contributed by atoms with van der Waals surface area (Å²) in [6, 6.07) is 7.29. The van der Waals surface area contributed by atoms with Gasteiger partial charge in [-0.3, -0.25) is 4.79 Å². The predicted octanol–water partition coefficient (Wildman–Crippen LogP) is 1.38.